The second kappa shape index (κ2) is 6.94. The number of nitro groups is 1. The zero-order chi connectivity index (χ0) is 18.0. The number of aryl methyl sites for hydroxylation is 1. The van der Waals surface area contributed by atoms with E-state index in [0.717, 1.165) is 10.6 Å². The molecule has 1 heterocycles. The van der Waals surface area contributed by atoms with E-state index in [-0.39, 0.29) is 23.9 Å². The molecule has 25 heavy (non-hydrogen) atoms. The minimum absolute atomic E-state index is 0.0213. The molecule has 2 amide bonds. The van der Waals surface area contributed by atoms with Crippen LogP contribution in [0.4, 0.5) is 17.1 Å². The maximum absolute atomic E-state index is 12.2. The van der Waals surface area contributed by atoms with Crippen LogP contribution in [0.25, 0.3) is 0 Å². The lowest BCUT2D eigenvalue weighted by molar-refractivity contribution is -0.385. The quantitative estimate of drug-likeness (QED) is 0.645. The Bertz CT molecular complexity index is 869. The van der Waals surface area contributed by atoms with Crippen LogP contribution in [0.15, 0.2) is 47.4 Å². The molecule has 0 fully saturated rings. The highest BCUT2D eigenvalue weighted by molar-refractivity contribution is 8.01. The molecule has 0 radical (unpaired) electrons. The van der Waals surface area contributed by atoms with Gasteiger partial charge in [-0.3, -0.25) is 19.7 Å². The summed E-state index contributed by atoms with van der Waals surface area (Å²) in [7, 11) is 0. The van der Waals surface area contributed by atoms with Crippen LogP contribution in [0.3, 0.4) is 0 Å². The number of anilines is 2. The largest absolute Gasteiger partial charge is 0.326 e. The smallest absolute Gasteiger partial charge is 0.274 e. The molecule has 2 aromatic carbocycles. The van der Waals surface area contributed by atoms with Crippen LogP contribution >= 0.6 is 11.8 Å². The van der Waals surface area contributed by atoms with Crippen molar-refractivity contribution in [1.29, 1.82) is 0 Å². The third-order valence-corrected chi connectivity index (χ3v) is 5.04. The predicted molar refractivity (Wildman–Crippen MR) is 95.8 cm³/mol. The summed E-state index contributed by atoms with van der Waals surface area (Å²) >= 11 is 1.33. The average Bonchev–Trinajstić information content (AvgIpc) is 2.57. The Hall–Kier alpha value is -2.87. The molecule has 1 atom stereocenters. The first-order chi connectivity index (χ1) is 11.9. The van der Waals surface area contributed by atoms with Crippen molar-refractivity contribution >= 4 is 40.6 Å². The number of amides is 2. The maximum atomic E-state index is 12.2. The highest BCUT2D eigenvalue weighted by Crippen LogP contribution is 2.36. The fourth-order valence-electron chi connectivity index (χ4n) is 2.49. The van der Waals surface area contributed by atoms with E-state index in [9.17, 15) is 19.7 Å². The highest BCUT2D eigenvalue weighted by Gasteiger charge is 2.28. The Kier molecular flexibility index (Phi) is 4.71. The molecular weight excluding hydrogens is 342 g/mol. The number of rotatable bonds is 4. The molecule has 0 aromatic heterocycles. The Morgan fingerprint density at radius 2 is 2.08 bits per heavy atom. The summed E-state index contributed by atoms with van der Waals surface area (Å²) in [5, 5.41) is 15.8. The normalized spacial score (nSPS) is 15.9. The van der Waals surface area contributed by atoms with Crippen molar-refractivity contribution in [3.63, 3.8) is 0 Å². The lowest BCUT2D eigenvalue weighted by Crippen LogP contribution is -2.32. The van der Waals surface area contributed by atoms with Crippen molar-refractivity contribution in [2.45, 2.75) is 23.5 Å². The minimum Gasteiger partial charge on any atom is -0.326 e. The monoisotopic (exact) mass is 357 g/mol. The number of fused-ring (bicyclic) bond motifs is 1. The zero-order valence-corrected chi connectivity index (χ0v) is 14.1. The first-order valence-corrected chi connectivity index (χ1v) is 8.43. The predicted octanol–water partition coefficient (Wildman–Crippen LogP) is 3.34. The number of benzene rings is 2. The van der Waals surface area contributed by atoms with Crippen LogP contribution in [0, 0.1) is 17.0 Å². The van der Waals surface area contributed by atoms with Crippen molar-refractivity contribution in [3.8, 4) is 0 Å². The summed E-state index contributed by atoms with van der Waals surface area (Å²) in [6.45, 7) is 1.63. The number of nitrogens with one attached hydrogen (secondary N) is 2. The van der Waals surface area contributed by atoms with Crippen molar-refractivity contribution < 1.29 is 14.5 Å². The fourth-order valence-corrected chi connectivity index (χ4v) is 3.60. The highest BCUT2D eigenvalue weighted by atomic mass is 32.2. The Morgan fingerprint density at radius 3 is 2.84 bits per heavy atom. The van der Waals surface area contributed by atoms with E-state index in [1.54, 1.807) is 19.1 Å². The molecule has 0 unspecified atom stereocenters. The molecule has 0 spiro atoms. The van der Waals surface area contributed by atoms with Crippen molar-refractivity contribution in [2.75, 3.05) is 10.6 Å². The molecule has 7 nitrogen and oxygen atoms in total. The van der Waals surface area contributed by atoms with Gasteiger partial charge in [0.25, 0.3) is 5.69 Å². The van der Waals surface area contributed by atoms with Gasteiger partial charge in [0.1, 0.15) is 0 Å². The van der Waals surface area contributed by atoms with Gasteiger partial charge in [-0.1, -0.05) is 18.2 Å². The molecule has 1 aliphatic heterocycles. The molecule has 0 bridgehead atoms. The Labute approximate surface area is 148 Å². The summed E-state index contributed by atoms with van der Waals surface area (Å²) in [6, 6.07) is 11.9. The van der Waals surface area contributed by atoms with Gasteiger partial charge in [-0.2, -0.15) is 0 Å². The number of carbonyl (C=O) groups excluding carboxylic acids is 2. The van der Waals surface area contributed by atoms with E-state index in [1.165, 1.54) is 17.8 Å². The second-order valence-corrected chi connectivity index (χ2v) is 6.85. The lowest BCUT2D eigenvalue weighted by atomic mass is 10.1. The van der Waals surface area contributed by atoms with E-state index in [4.69, 9.17) is 0 Å². The van der Waals surface area contributed by atoms with Gasteiger partial charge in [0.2, 0.25) is 11.8 Å². The van der Waals surface area contributed by atoms with E-state index in [0.29, 0.717) is 11.3 Å². The molecule has 1 aliphatic rings. The maximum Gasteiger partial charge on any atom is 0.274 e. The number of carbonyl (C=O) groups is 2. The molecule has 0 saturated heterocycles. The van der Waals surface area contributed by atoms with Crippen LogP contribution in [0.2, 0.25) is 0 Å². The fraction of sp³-hybridized carbons (Fsp3) is 0.176. The average molecular weight is 357 g/mol. The van der Waals surface area contributed by atoms with Gasteiger partial charge in [-0.25, -0.2) is 0 Å². The van der Waals surface area contributed by atoms with Crippen LogP contribution in [-0.4, -0.2) is 22.0 Å². The molecule has 2 aromatic rings. The van der Waals surface area contributed by atoms with Crippen molar-refractivity contribution in [2.24, 2.45) is 0 Å². The van der Waals surface area contributed by atoms with E-state index < -0.39 is 10.2 Å². The number of nitro benzene ring substituents is 1. The zero-order valence-electron chi connectivity index (χ0n) is 13.3. The van der Waals surface area contributed by atoms with Gasteiger partial charge in [0.15, 0.2) is 0 Å². The third-order valence-electron chi connectivity index (χ3n) is 3.77. The second-order valence-electron chi connectivity index (χ2n) is 5.60. The first-order valence-electron chi connectivity index (χ1n) is 7.55. The van der Waals surface area contributed by atoms with Gasteiger partial charge in [0.05, 0.1) is 15.9 Å². The molecule has 3 rings (SSSR count). The van der Waals surface area contributed by atoms with Gasteiger partial charge >= 0.3 is 0 Å². The molecule has 2 N–H and O–H groups in total. The molecular formula is C17H15N3O4S. The van der Waals surface area contributed by atoms with Gasteiger partial charge in [-0.05, 0) is 25.1 Å². The van der Waals surface area contributed by atoms with Gasteiger partial charge < -0.3 is 10.6 Å². The summed E-state index contributed by atoms with van der Waals surface area (Å²) < 4.78 is 0. The van der Waals surface area contributed by atoms with Gasteiger partial charge in [0, 0.05) is 28.6 Å². The number of para-hydroxylation sites is 1. The first kappa shape index (κ1) is 17.0. The summed E-state index contributed by atoms with van der Waals surface area (Å²) in [5.41, 5.74) is 1.53. The van der Waals surface area contributed by atoms with Crippen LogP contribution < -0.4 is 10.6 Å². The lowest BCUT2D eigenvalue weighted by Gasteiger charge is -2.23. The molecule has 8 heteroatoms. The molecule has 0 saturated carbocycles. The number of hydrogen-bond donors (Lipinski definition) is 2. The van der Waals surface area contributed by atoms with E-state index in [2.05, 4.69) is 10.6 Å². The van der Waals surface area contributed by atoms with Crippen molar-refractivity contribution in [3.05, 3.63) is 58.1 Å². The van der Waals surface area contributed by atoms with E-state index in [1.807, 2.05) is 24.3 Å². The molecule has 0 aliphatic carbocycles. The topological polar surface area (TPSA) is 101 Å². The van der Waals surface area contributed by atoms with Crippen LogP contribution in [0.5, 0.6) is 0 Å². The summed E-state index contributed by atoms with van der Waals surface area (Å²) in [6.07, 6.45) is -0.0213. The summed E-state index contributed by atoms with van der Waals surface area (Å²) in [4.78, 5) is 35.7. The van der Waals surface area contributed by atoms with Gasteiger partial charge in [-0.15, -0.1) is 11.8 Å². The Morgan fingerprint density at radius 1 is 1.32 bits per heavy atom. The van der Waals surface area contributed by atoms with Crippen molar-refractivity contribution in [1.82, 2.24) is 0 Å². The number of nitrogens with zero attached hydrogens (tertiary/aromatic N) is 1. The van der Waals surface area contributed by atoms with Crippen LogP contribution in [0.1, 0.15) is 12.0 Å². The third kappa shape index (κ3) is 3.80. The minimum atomic E-state index is -0.546. The standard InChI is InChI=1S/C17H15N3O4S/c1-10-6-7-11(8-13(10)20(23)24)18-16(21)9-15-17(22)19-12-4-2-3-5-14(12)25-15/h2-8,15H,9H2,1H3,(H,18,21)(H,19,22)/t15-/m1/s1. The van der Waals surface area contributed by atoms with Crippen LogP contribution in [-0.2, 0) is 9.59 Å². The number of thioether (sulfide) groups is 1. The Balaban J connectivity index is 1.68. The summed E-state index contributed by atoms with van der Waals surface area (Å²) in [5.74, 6) is -0.598. The SMILES string of the molecule is Cc1ccc(NC(=O)C[C@H]2Sc3ccccc3NC2=O)cc1[N+](=O)[O-]. The van der Waals surface area contributed by atoms with E-state index >= 15 is 0 Å². The number of hydrogen-bond acceptors (Lipinski definition) is 5. The molecule has 128 valence electrons.